The molecule has 0 aliphatic carbocycles. The fourth-order valence-corrected chi connectivity index (χ4v) is 2.71. The molecular weight excluding hydrogens is 350 g/mol. The number of aromatic nitrogens is 2. The largest absolute Gasteiger partial charge is 0.355 e. The van der Waals surface area contributed by atoms with Crippen LogP contribution >= 0.6 is 0 Å². The van der Waals surface area contributed by atoms with E-state index in [1.807, 2.05) is 91.0 Å². The summed E-state index contributed by atoms with van der Waals surface area (Å²) in [5, 5.41) is 7.20. The molecule has 0 radical (unpaired) electrons. The molecule has 0 bridgehead atoms. The second-order valence-electron chi connectivity index (χ2n) is 6.07. The molecule has 4 aromatic rings. The van der Waals surface area contributed by atoms with Crippen molar-refractivity contribution in [2.75, 3.05) is 5.32 Å². The first kappa shape index (κ1) is 17.4. The van der Waals surface area contributed by atoms with Gasteiger partial charge in [-0.3, -0.25) is 4.79 Å². The molecule has 28 heavy (non-hydrogen) atoms. The first-order chi connectivity index (χ1) is 13.8. The summed E-state index contributed by atoms with van der Waals surface area (Å²) >= 11 is 0. The monoisotopic (exact) mass is 367 g/mol. The Kier molecular flexibility index (Phi) is 5.06. The molecule has 0 unspecified atom stereocenters. The van der Waals surface area contributed by atoms with Crippen molar-refractivity contribution < 1.29 is 9.32 Å². The molecule has 1 N–H and O–H groups in total. The Balaban J connectivity index is 1.64. The van der Waals surface area contributed by atoms with E-state index in [4.69, 9.17) is 4.52 Å². The lowest BCUT2D eigenvalue weighted by Gasteiger charge is -2.11. The van der Waals surface area contributed by atoms with Gasteiger partial charge in [-0.2, -0.15) is 4.98 Å². The molecule has 0 fully saturated rings. The van der Waals surface area contributed by atoms with Crippen molar-refractivity contribution in [3.8, 4) is 11.4 Å². The topological polar surface area (TPSA) is 68.0 Å². The summed E-state index contributed by atoms with van der Waals surface area (Å²) in [5.74, 6) is -0.0336. The van der Waals surface area contributed by atoms with Gasteiger partial charge in [0, 0.05) is 23.0 Å². The summed E-state index contributed by atoms with van der Waals surface area (Å²) < 4.78 is 5.18. The first-order valence-electron chi connectivity index (χ1n) is 8.82. The van der Waals surface area contributed by atoms with Crippen LogP contribution in [0, 0.1) is 0 Å². The Morgan fingerprint density at radius 3 is 2.11 bits per heavy atom. The number of hydrogen-bond donors (Lipinski definition) is 1. The van der Waals surface area contributed by atoms with Crippen molar-refractivity contribution >= 4 is 17.2 Å². The fraction of sp³-hybridized carbons (Fsp3) is 0. The SMILES string of the molecule is O=C(C=C(Nc1ccccc1)c1ccccc1)c1nc(-c2ccccc2)no1. The van der Waals surface area contributed by atoms with Gasteiger partial charge in [-0.1, -0.05) is 84.0 Å². The van der Waals surface area contributed by atoms with Gasteiger partial charge in [-0.15, -0.1) is 0 Å². The van der Waals surface area contributed by atoms with Crippen molar-refractivity contribution in [2.45, 2.75) is 0 Å². The molecule has 0 aliphatic heterocycles. The third kappa shape index (κ3) is 4.04. The smallest absolute Gasteiger partial charge is 0.298 e. The third-order valence-electron chi connectivity index (χ3n) is 4.08. The zero-order valence-corrected chi connectivity index (χ0v) is 14.9. The second-order valence-corrected chi connectivity index (χ2v) is 6.07. The molecule has 3 aromatic carbocycles. The summed E-state index contributed by atoms with van der Waals surface area (Å²) in [5.41, 5.74) is 3.19. The predicted octanol–water partition coefficient (Wildman–Crippen LogP) is 5.07. The number of ketones is 1. The van der Waals surface area contributed by atoms with Gasteiger partial charge >= 0.3 is 0 Å². The van der Waals surface area contributed by atoms with Gasteiger partial charge in [0.25, 0.3) is 5.89 Å². The molecule has 0 saturated carbocycles. The van der Waals surface area contributed by atoms with Crippen molar-refractivity contribution in [3.63, 3.8) is 0 Å². The fourth-order valence-electron chi connectivity index (χ4n) is 2.71. The highest BCUT2D eigenvalue weighted by Crippen LogP contribution is 2.20. The molecular formula is C23H17N3O2. The van der Waals surface area contributed by atoms with Crippen LogP contribution in [0.3, 0.4) is 0 Å². The maximum absolute atomic E-state index is 12.8. The van der Waals surface area contributed by atoms with Gasteiger partial charge < -0.3 is 9.84 Å². The minimum absolute atomic E-state index is 0.0536. The van der Waals surface area contributed by atoms with Gasteiger partial charge in [0.05, 0.1) is 0 Å². The van der Waals surface area contributed by atoms with Gasteiger partial charge in [-0.05, 0) is 17.7 Å². The van der Waals surface area contributed by atoms with Gasteiger partial charge in [-0.25, -0.2) is 0 Å². The quantitative estimate of drug-likeness (QED) is 0.380. The molecule has 0 atom stereocenters. The Hall–Kier alpha value is -3.99. The molecule has 0 amide bonds. The zero-order valence-electron chi connectivity index (χ0n) is 14.9. The van der Waals surface area contributed by atoms with Crippen LogP contribution in [0.1, 0.15) is 16.2 Å². The summed E-state index contributed by atoms with van der Waals surface area (Å²) in [6, 6.07) is 28.7. The van der Waals surface area contributed by atoms with E-state index in [0.717, 1.165) is 16.8 Å². The third-order valence-corrected chi connectivity index (χ3v) is 4.08. The van der Waals surface area contributed by atoms with E-state index in [9.17, 15) is 4.79 Å². The molecule has 1 aromatic heterocycles. The number of nitrogens with one attached hydrogen (secondary N) is 1. The van der Waals surface area contributed by atoms with Crippen LogP contribution in [0.25, 0.3) is 17.1 Å². The predicted molar refractivity (Wildman–Crippen MR) is 109 cm³/mol. The van der Waals surface area contributed by atoms with Crippen LogP contribution in [0.5, 0.6) is 0 Å². The van der Waals surface area contributed by atoms with Gasteiger partial charge in [0.2, 0.25) is 11.6 Å². The normalized spacial score (nSPS) is 11.2. The Bertz CT molecular complexity index is 1090. The molecule has 136 valence electrons. The number of nitrogens with zero attached hydrogens (tertiary/aromatic N) is 2. The highest BCUT2D eigenvalue weighted by molar-refractivity contribution is 6.07. The second kappa shape index (κ2) is 8.14. The van der Waals surface area contributed by atoms with Gasteiger partial charge in [0.15, 0.2) is 0 Å². The lowest BCUT2D eigenvalue weighted by molar-refractivity contribution is 0.100. The van der Waals surface area contributed by atoms with Crippen LogP contribution in [0.15, 0.2) is 102 Å². The van der Waals surface area contributed by atoms with E-state index in [1.54, 1.807) is 0 Å². The molecule has 0 aliphatic rings. The lowest BCUT2D eigenvalue weighted by atomic mass is 10.1. The van der Waals surface area contributed by atoms with Crippen molar-refractivity contribution in [3.05, 3.63) is 109 Å². The van der Waals surface area contributed by atoms with Crippen molar-refractivity contribution in [2.24, 2.45) is 0 Å². The number of carbonyl (C=O) groups is 1. The van der Waals surface area contributed by atoms with Crippen LogP contribution in [-0.4, -0.2) is 15.9 Å². The summed E-state index contributed by atoms with van der Waals surface area (Å²) in [6.45, 7) is 0. The lowest BCUT2D eigenvalue weighted by Crippen LogP contribution is -2.04. The highest BCUT2D eigenvalue weighted by Gasteiger charge is 2.16. The molecule has 1 heterocycles. The number of benzene rings is 3. The van der Waals surface area contributed by atoms with E-state index in [0.29, 0.717) is 11.5 Å². The summed E-state index contributed by atoms with van der Waals surface area (Å²) in [6.07, 6.45) is 1.48. The number of rotatable bonds is 6. The maximum Gasteiger partial charge on any atom is 0.298 e. The average molecular weight is 367 g/mol. The van der Waals surface area contributed by atoms with Crippen molar-refractivity contribution in [1.82, 2.24) is 10.1 Å². The zero-order chi connectivity index (χ0) is 19.2. The van der Waals surface area contributed by atoms with Crippen LogP contribution < -0.4 is 5.32 Å². The Morgan fingerprint density at radius 2 is 1.43 bits per heavy atom. The van der Waals surface area contributed by atoms with Gasteiger partial charge in [0.1, 0.15) is 0 Å². The molecule has 5 heteroatoms. The van der Waals surface area contributed by atoms with E-state index < -0.39 is 0 Å². The number of hydrogen-bond acceptors (Lipinski definition) is 5. The van der Waals surface area contributed by atoms with E-state index >= 15 is 0 Å². The molecule has 0 saturated heterocycles. The number of carbonyl (C=O) groups excluding carboxylic acids is 1. The van der Waals surface area contributed by atoms with E-state index in [-0.39, 0.29) is 11.7 Å². The number of para-hydroxylation sites is 1. The van der Waals surface area contributed by atoms with Crippen LogP contribution in [-0.2, 0) is 0 Å². The van der Waals surface area contributed by atoms with Crippen molar-refractivity contribution in [1.29, 1.82) is 0 Å². The average Bonchev–Trinajstić information content (AvgIpc) is 3.26. The van der Waals surface area contributed by atoms with Crippen LogP contribution in [0.2, 0.25) is 0 Å². The highest BCUT2D eigenvalue weighted by atomic mass is 16.5. The number of anilines is 1. The molecule has 0 spiro atoms. The first-order valence-corrected chi connectivity index (χ1v) is 8.82. The summed E-state index contributed by atoms with van der Waals surface area (Å²) in [4.78, 5) is 17.0. The van der Waals surface area contributed by atoms with E-state index in [2.05, 4.69) is 15.5 Å². The summed E-state index contributed by atoms with van der Waals surface area (Å²) in [7, 11) is 0. The standard InChI is InChI=1S/C23H17N3O2/c27-21(23-25-22(26-28-23)18-12-6-2-7-13-18)16-20(17-10-4-1-5-11-17)24-19-14-8-3-9-15-19/h1-16,24H. The Labute approximate surface area is 162 Å². The molecule has 5 nitrogen and oxygen atoms in total. The Morgan fingerprint density at radius 1 is 0.821 bits per heavy atom. The number of allylic oxidation sites excluding steroid dienone is 1. The van der Waals surface area contributed by atoms with E-state index in [1.165, 1.54) is 6.08 Å². The minimum Gasteiger partial charge on any atom is -0.355 e. The maximum atomic E-state index is 12.8. The molecule has 4 rings (SSSR count). The van der Waals surface area contributed by atoms with Crippen LogP contribution in [0.4, 0.5) is 5.69 Å². The minimum atomic E-state index is -0.364.